The Labute approximate surface area is 266 Å². The van der Waals surface area contributed by atoms with Crippen LogP contribution in [0.1, 0.15) is 50.6 Å². The topological polar surface area (TPSA) is 106 Å². The summed E-state index contributed by atoms with van der Waals surface area (Å²) >= 11 is 0. The number of hydrogen-bond donors (Lipinski definition) is 1. The quantitative estimate of drug-likeness (QED) is 0.304. The predicted octanol–water partition coefficient (Wildman–Crippen LogP) is 3.87. The second-order valence-corrected chi connectivity index (χ2v) is 12.6. The minimum Gasteiger partial charge on any atom is -0.492 e. The zero-order valence-electron chi connectivity index (χ0n) is 26.7. The van der Waals surface area contributed by atoms with E-state index in [1.807, 2.05) is 74.5 Å². The van der Waals surface area contributed by atoms with E-state index in [-0.39, 0.29) is 24.5 Å². The number of piperazine rings is 1. The van der Waals surface area contributed by atoms with Crippen molar-refractivity contribution in [3.05, 3.63) is 77.9 Å². The maximum atomic E-state index is 12.5. The Morgan fingerprint density at radius 3 is 2.27 bits per heavy atom. The van der Waals surface area contributed by atoms with E-state index in [0.717, 1.165) is 79.4 Å². The van der Waals surface area contributed by atoms with Crippen LogP contribution >= 0.6 is 0 Å². The highest BCUT2D eigenvalue weighted by molar-refractivity contribution is 5.81. The third-order valence-corrected chi connectivity index (χ3v) is 7.86. The number of benzene rings is 2. The Kier molecular flexibility index (Phi) is 11.2. The fraction of sp³-hybridized carbons (Fsp3) is 0.486. The van der Waals surface area contributed by atoms with Crippen LogP contribution in [0.3, 0.4) is 0 Å². The lowest BCUT2D eigenvalue weighted by molar-refractivity contribution is -0.153. The first kappa shape index (κ1) is 32.5. The minimum absolute atomic E-state index is 0.151. The van der Waals surface area contributed by atoms with Crippen LogP contribution in [-0.4, -0.2) is 95.8 Å². The van der Waals surface area contributed by atoms with Gasteiger partial charge in [-0.25, -0.2) is 9.97 Å². The first-order valence-electron chi connectivity index (χ1n) is 15.9. The van der Waals surface area contributed by atoms with E-state index in [1.54, 1.807) is 0 Å². The maximum Gasteiger partial charge on any atom is 0.320 e. The lowest BCUT2D eigenvalue weighted by Gasteiger charge is -2.35. The number of carbonyl (C=O) groups excluding carboxylic acids is 2. The standard InChI is InChI=1S/C35H45N5O5/c1-35(2,3)45-33(41)25-36-22-27-6-10-28(11-7-27)29-23-37-32(38-24-29)21-26-8-12-30(13-9-26)43-20-18-39-14-16-40(17-15-39)34(42)31-5-4-19-44-31/h6-13,23-24,31,36H,4-5,14-22,25H2,1-3H3. The number of carbonyl (C=O) groups is 2. The Bertz CT molecular complexity index is 1380. The molecule has 1 amide bonds. The van der Waals surface area contributed by atoms with Gasteiger partial charge >= 0.3 is 5.97 Å². The molecule has 3 aromatic rings. The minimum atomic E-state index is -0.481. The molecule has 0 radical (unpaired) electrons. The summed E-state index contributed by atoms with van der Waals surface area (Å²) in [6, 6.07) is 16.2. The Morgan fingerprint density at radius 1 is 0.933 bits per heavy atom. The van der Waals surface area contributed by atoms with Gasteiger partial charge in [0.25, 0.3) is 5.91 Å². The van der Waals surface area contributed by atoms with Crippen molar-refractivity contribution < 1.29 is 23.8 Å². The lowest BCUT2D eigenvalue weighted by Crippen LogP contribution is -2.52. The van der Waals surface area contributed by atoms with E-state index in [2.05, 4.69) is 32.3 Å². The second-order valence-electron chi connectivity index (χ2n) is 12.6. The van der Waals surface area contributed by atoms with Crippen molar-refractivity contribution in [1.82, 2.24) is 25.1 Å². The molecule has 1 unspecified atom stereocenters. The molecule has 240 valence electrons. The van der Waals surface area contributed by atoms with Gasteiger partial charge in [-0.1, -0.05) is 36.4 Å². The van der Waals surface area contributed by atoms with Gasteiger partial charge in [-0.3, -0.25) is 14.5 Å². The smallest absolute Gasteiger partial charge is 0.320 e. The SMILES string of the molecule is CC(C)(C)OC(=O)CNCc1ccc(-c2cnc(Cc3ccc(OCCN4CCN(C(=O)C5CCCO5)CC4)cc3)nc2)cc1. The monoisotopic (exact) mass is 615 g/mol. The van der Waals surface area contributed by atoms with Gasteiger partial charge in [0.2, 0.25) is 0 Å². The molecular weight excluding hydrogens is 570 g/mol. The van der Waals surface area contributed by atoms with Crippen molar-refractivity contribution in [1.29, 1.82) is 0 Å². The largest absolute Gasteiger partial charge is 0.492 e. The van der Waals surface area contributed by atoms with Crippen LogP contribution < -0.4 is 10.1 Å². The Balaban J connectivity index is 1.00. The molecule has 3 heterocycles. The molecule has 0 saturated carbocycles. The molecule has 0 aliphatic carbocycles. The molecule has 2 aliphatic heterocycles. The van der Waals surface area contributed by atoms with Crippen LogP contribution in [0, 0.1) is 0 Å². The van der Waals surface area contributed by atoms with Gasteiger partial charge < -0.3 is 24.4 Å². The van der Waals surface area contributed by atoms with Crippen molar-refractivity contribution in [2.75, 3.05) is 52.5 Å². The molecule has 2 aliphatic rings. The lowest BCUT2D eigenvalue weighted by atomic mass is 10.1. The molecular formula is C35H45N5O5. The Hall–Kier alpha value is -3.86. The van der Waals surface area contributed by atoms with Crippen LogP contribution in [0.5, 0.6) is 5.75 Å². The summed E-state index contributed by atoms with van der Waals surface area (Å²) in [6.45, 7) is 11.7. The van der Waals surface area contributed by atoms with Gasteiger partial charge in [-0.2, -0.15) is 0 Å². The number of hydrogen-bond acceptors (Lipinski definition) is 9. The highest BCUT2D eigenvalue weighted by atomic mass is 16.6. The second kappa shape index (κ2) is 15.4. The van der Waals surface area contributed by atoms with Gasteiger partial charge in [0.05, 0.1) is 6.54 Å². The molecule has 2 fully saturated rings. The molecule has 1 aromatic heterocycles. The Morgan fingerprint density at radius 2 is 1.62 bits per heavy atom. The zero-order valence-corrected chi connectivity index (χ0v) is 26.7. The summed E-state index contributed by atoms with van der Waals surface area (Å²) in [7, 11) is 0. The normalized spacial score (nSPS) is 17.3. The number of esters is 1. The van der Waals surface area contributed by atoms with E-state index >= 15 is 0 Å². The fourth-order valence-electron chi connectivity index (χ4n) is 5.44. The van der Waals surface area contributed by atoms with Crippen LogP contribution in [0.4, 0.5) is 0 Å². The van der Waals surface area contributed by atoms with Gasteiger partial charge in [0.1, 0.15) is 29.9 Å². The average molecular weight is 616 g/mol. The van der Waals surface area contributed by atoms with Crippen LogP contribution in [0.15, 0.2) is 60.9 Å². The molecule has 0 bridgehead atoms. The summed E-state index contributed by atoms with van der Waals surface area (Å²) in [6.07, 6.45) is 5.94. The van der Waals surface area contributed by atoms with E-state index < -0.39 is 5.60 Å². The molecule has 1 atom stereocenters. The number of amides is 1. The zero-order chi connectivity index (χ0) is 31.6. The van der Waals surface area contributed by atoms with Gasteiger partial charge in [0, 0.05) is 70.3 Å². The van der Waals surface area contributed by atoms with Gasteiger partial charge in [-0.05, 0) is 62.4 Å². The van der Waals surface area contributed by atoms with Crippen molar-refractivity contribution >= 4 is 11.9 Å². The summed E-state index contributed by atoms with van der Waals surface area (Å²) < 4.78 is 16.9. The van der Waals surface area contributed by atoms with Crippen LogP contribution in [0.25, 0.3) is 11.1 Å². The van der Waals surface area contributed by atoms with Crippen molar-refractivity contribution in [3.63, 3.8) is 0 Å². The van der Waals surface area contributed by atoms with Crippen LogP contribution in [-0.2, 0) is 32.0 Å². The summed E-state index contributed by atoms with van der Waals surface area (Å²) in [4.78, 5) is 37.9. The third kappa shape index (κ3) is 10.1. The number of ether oxygens (including phenoxy) is 3. The molecule has 0 spiro atoms. The number of nitrogens with zero attached hydrogens (tertiary/aromatic N) is 4. The molecule has 10 nitrogen and oxygen atoms in total. The highest BCUT2D eigenvalue weighted by Gasteiger charge is 2.30. The van der Waals surface area contributed by atoms with Gasteiger partial charge in [-0.15, -0.1) is 0 Å². The fourth-order valence-corrected chi connectivity index (χ4v) is 5.44. The molecule has 5 rings (SSSR count). The number of aromatic nitrogens is 2. The number of nitrogens with one attached hydrogen (secondary N) is 1. The molecule has 45 heavy (non-hydrogen) atoms. The first-order chi connectivity index (χ1) is 21.7. The van der Waals surface area contributed by atoms with Crippen molar-refractivity contribution in [3.8, 4) is 16.9 Å². The summed E-state index contributed by atoms with van der Waals surface area (Å²) in [5, 5.41) is 3.13. The molecule has 1 N–H and O–H groups in total. The van der Waals surface area contributed by atoms with E-state index in [1.165, 1.54) is 0 Å². The van der Waals surface area contributed by atoms with Crippen molar-refractivity contribution in [2.24, 2.45) is 0 Å². The van der Waals surface area contributed by atoms with E-state index in [9.17, 15) is 9.59 Å². The van der Waals surface area contributed by atoms with E-state index in [4.69, 9.17) is 14.2 Å². The van der Waals surface area contributed by atoms with Crippen molar-refractivity contribution in [2.45, 2.75) is 58.3 Å². The predicted molar refractivity (Wildman–Crippen MR) is 172 cm³/mol. The molecule has 2 saturated heterocycles. The van der Waals surface area contributed by atoms with Gasteiger partial charge in [0.15, 0.2) is 0 Å². The number of rotatable bonds is 12. The maximum absolute atomic E-state index is 12.5. The summed E-state index contributed by atoms with van der Waals surface area (Å²) in [5.41, 5.74) is 3.70. The van der Waals surface area contributed by atoms with Crippen LogP contribution in [0.2, 0.25) is 0 Å². The molecule has 2 aromatic carbocycles. The molecule has 10 heteroatoms. The third-order valence-electron chi connectivity index (χ3n) is 7.86. The van der Waals surface area contributed by atoms with E-state index in [0.29, 0.717) is 26.2 Å². The average Bonchev–Trinajstić information content (AvgIpc) is 3.57. The summed E-state index contributed by atoms with van der Waals surface area (Å²) in [5.74, 6) is 1.49. The first-order valence-corrected chi connectivity index (χ1v) is 15.9. The highest BCUT2D eigenvalue weighted by Crippen LogP contribution is 2.20.